The Morgan fingerprint density at radius 3 is 2.50 bits per heavy atom. The van der Waals surface area contributed by atoms with Crippen LogP contribution < -0.4 is 5.32 Å². The van der Waals surface area contributed by atoms with Gasteiger partial charge in [0.1, 0.15) is 23.8 Å². The molecule has 1 amide bonds. The van der Waals surface area contributed by atoms with E-state index in [9.17, 15) is 9.18 Å². The normalized spacial score (nSPS) is 15.4. The van der Waals surface area contributed by atoms with Gasteiger partial charge in [0.2, 0.25) is 5.91 Å². The lowest BCUT2D eigenvalue weighted by Gasteiger charge is -2.25. The SMILES string of the molecule is COC(c1ccccc1)c1ccc(F)c(Cl)c1-c1nccn1C(C(=O)NC1CCCC1)c1cccc(Cl)c1. The average molecular weight is 552 g/mol. The minimum atomic E-state index is -0.795. The van der Waals surface area contributed by atoms with Gasteiger partial charge < -0.3 is 14.6 Å². The summed E-state index contributed by atoms with van der Waals surface area (Å²) in [5.41, 5.74) is 2.57. The van der Waals surface area contributed by atoms with Crippen LogP contribution in [0.3, 0.4) is 0 Å². The Kier molecular flexibility index (Phi) is 8.12. The summed E-state index contributed by atoms with van der Waals surface area (Å²) in [5.74, 6) is -0.412. The number of hydrogen-bond donors (Lipinski definition) is 1. The summed E-state index contributed by atoms with van der Waals surface area (Å²) in [7, 11) is 1.59. The summed E-state index contributed by atoms with van der Waals surface area (Å²) in [6, 6.07) is 19.1. The number of nitrogens with zero attached hydrogens (tertiary/aromatic N) is 2. The van der Waals surface area contributed by atoms with Crippen molar-refractivity contribution in [2.45, 2.75) is 43.9 Å². The number of aromatic nitrogens is 2. The summed E-state index contributed by atoms with van der Waals surface area (Å²) >= 11 is 13.0. The number of benzene rings is 3. The monoisotopic (exact) mass is 551 g/mol. The van der Waals surface area contributed by atoms with Gasteiger partial charge in [-0.2, -0.15) is 0 Å². The standard InChI is InChI=1S/C30H28Cl2FN3O2/c1-38-28(19-8-3-2-4-9-19)23-14-15-24(33)26(32)25(23)29-34-16-17-36(29)27(20-10-7-11-21(31)18-20)30(37)35-22-12-5-6-13-22/h2-4,7-11,14-18,22,27-28H,5-6,12-13H2,1H3,(H,35,37). The molecular formula is C30H28Cl2FN3O2. The van der Waals surface area contributed by atoms with Gasteiger partial charge in [-0.3, -0.25) is 4.79 Å². The van der Waals surface area contributed by atoms with E-state index < -0.39 is 18.0 Å². The van der Waals surface area contributed by atoms with Gasteiger partial charge >= 0.3 is 0 Å². The zero-order chi connectivity index (χ0) is 26.6. The van der Waals surface area contributed by atoms with Gasteiger partial charge in [0.15, 0.2) is 0 Å². The first kappa shape index (κ1) is 26.4. The lowest BCUT2D eigenvalue weighted by atomic mass is 9.95. The fourth-order valence-electron chi connectivity index (χ4n) is 5.26. The van der Waals surface area contributed by atoms with Crippen LogP contribution >= 0.6 is 23.2 Å². The smallest absolute Gasteiger partial charge is 0.247 e. The van der Waals surface area contributed by atoms with E-state index >= 15 is 0 Å². The third kappa shape index (κ3) is 5.35. The van der Waals surface area contributed by atoms with Crippen molar-refractivity contribution in [1.29, 1.82) is 0 Å². The number of carbonyl (C=O) groups excluding carboxylic acids is 1. The maximum Gasteiger partial charge on any atom is 0.247 e. The van der Waals surface area contributed by atoms with Crippen molar-refractivity contribution in [2.75, 3.05) is 7.11 Å². The van der Waals surface area contributed by atoms with Gasteiger partial charge in [-0.05, 0) is 47.7 Å². The maximum atomic E-state index is 15.0. The summed E-state index contributed by atoms with van der Waals surface area (Å²) in [4.78, 5) is 18.4. The molecule has 1 aromatic heterocycles. The molecule has 1 N–H and O–H groups in total. The second kappa shape index (κ2) is 11.7. The van der Waals surface area contributed by atoms with Gasteiger partial charge in [-0.1, -0.05) is 84.6 Å². The van der Waals surface area contributed by atoms with Crippen LogP contribution in [0.5, 0.6) is 0 Å². The zero-order valence-electron chi connectivity index (χ0n) is 20.9. The number of rotatable bonds is 8. The molecule has 1 saturated carbocycles. The van der Waals surface area contributed by atoms with Gasteiger partial charge in [-0.15, -0.1) is 0 Å². The van der Waals surface area contributed by atoms with Crippen LogP contribution in [0.4, 0.5) is 4.39 Å². The van der Waals surface area contributed by atoms with Crippen LogP contribution in [0, 0.1) is 5.82 Å². The summed E-state index contributed by atoms with van der Waals surface area (Å²) in [6.45, 7) is 0. The first-order chi connectivity index (χ1) is 18.5. The number of halogens is 3. The highest BCUT2D eigenvalue weighted by molar-refractivity contribution is 6.33. The molecule has 1 aliphatic rings. The molecule has 196 valence electrons. The van der Waals surface area contributed by atoms with Crippen LogP contribution in [-0.4, -0.2) is 28.6 Å². The molecular weight excluding hydrogens is 524 g/mol. The van der Waals surface area contributed by atoms with Gasteiger partial charge in [0.05, 0.1) is 5.02 Å². The molecule has 4 aromatic rings. The van der Waals surface area contributed by atoms with Gasteiger partial charge in [0.25, 0.3) is 0 Å². The van der Waals surface area contributed by atoms with Crippen molar-refractivity contribution in [2.24, 2.45) is 0 Å². The minimum Gasteiger partial charge on any atom is -0.372 e. The van der Waals surface area contributed by atoms with Crippen LogP contribution in [-0.2, 0) is 9.53 Å². The minimum absolute atomic E-state index is 0.0889. The van der Waals surface area contributed by atoms with E-state index in [1.54, 1.807) is 48.3 Å². The number of ether oxygens (including phenoxy) is 1. The lowest BCUT2D eigenvalue weighted by molar-refractivity contribution is -0.123. The Morgan fingerprint density at radius 2 is 1.79 bits per heavy atom. The molecule has 38 heavy (non-hydrogen) atoms. The zero-order valence-corrected chi connectivity index (χ0v) is 22.4. The summed E-state index contributed by atoms with van der Waals surface area (Å²) in [5, 5.41) is 3.62. The topological polar surface area (TPSA) is 56.2 Å². The number of nitrogens with one attached hydrogen (secondary N) is 1. The molecule has 8 heteroatoms. The second-order valence-electron chi connectivity index (χ2n) is 9.46. The lowest BCUT2D eigenvalue weighted by Crippen LogP contribution is -2.39. The number of amides is 1. The summed E-state index contributed by atoms with van der Waals surface area (Å²) < 4.78 is 22.6. The van der Waals surface area contributed by atoms with E-state index in [2.05, 4.69) is 10.3 Å². The molecule has 3 aromatic carbocycles. The van der Waals surface area contributed by atoms with Gasteiger partial charge in [0, 0.05) is 36.1 Å². The molecule has 0 bridgehead atoms. The third-order valence-electron chi connectivity index (χ3n) is 7.03. The molecule has 1 fully saturated rings. The fourth-order valence-corrected chi connectivity index (χ4v) is 5.72. The predicted molar refractivity (Wildman–Crippen MR) is 148 cm³/mol. The molecule has 1 heterocycles. The maximum absolute atomic E-state index is 15.0. The van der Waals surface area contributed by atoms with Crippen LogP contribution in [0.25, 0.3) is 11.4 Å². The molecule has 5 rings (SSSR count). The van der Waals surface area contributed by atoms with E-state index in [-0.39, 0.29) is 17.0 Å². The van der Waals surface area contributed by atoms with Crippen molar-refractivity contribution in [1.82, 2.24) is 14.9 Å². The van der Waals surface area contributed by atoms with E-state index in [0.717, 1.165) is 31.2 Å². The Bertz CT molecular complexity index is 1420. The van der Waals surface area contributed by atoms with E-state index in [1.807, 2.05) is 36.4 Å². The van der Waals surface area contributed by atoms with Crippen LogP contribution in [0.15, 0.2) is 79.1 Å². The molecule has 0 saturated heterocycles. The first-order valence-corrected chi connectivity index (χ1v) is 13.4. The molecule has 2 atom stereocenters. The predicted octanol–water partition coefficient (Wildman–Crippen LogP) is 7.38. The number of methoxy groups -OCH3 is 1. The summed E-state index contributed by atoms with van der Waals surface area (Å²) in [6.07, 6.45) is 6.82. The van der Waals surface area contributed by atoms with Crippen molar-refractivity contribution in [3.8, 4) is 11.4 Å². The molecule has 1 aliphatic carbocycles. The van der Waals surface area contributed by atoms with Crippen LogP contribution in [0.1, 0.15) is 54.5 Å². The number of imidazole rings is 1. The fraction of sp³-hybridized carbons (Fsp3) is 0.267. The Labute approximate surface area is 231 Å². The molecule has 2 unspecified atom stereocenters. The second-order valence-corrected chi connectivity index (χ2v) is 10.3. The van der Waals surface area contributed by atoms with Gasteiger partial charge in [-0.25, -0.2) is 9.37 Å². The van der Waals surface area contributed by atoms with Crippen LogP contribution in [0.2, 0.25) is 10.0 Å². The number of hydrogen-bond acceptors (Lipinski definition) is 3. The van der Waals surface area contributed by atoms with E-state index in [4.69, 9.17) is 27.9 Å². The largest absolute Gasteiger partial charge is 0.372 e. The molecule has 5 nitrogen and oxygen atoms in total. The van der Waals surface area contributed by atoms with Crippen molar-refractivity contribution in [3.63, 3.8) is 0 Å². The Balaban J connectivity index is 1.66. The Hall–Kier alpha value is -3.19. The molecule has 0 spiro atoms. The number of carbonyl (C=O) groups is 1. The van der Waals surface area contributed by atoms with Crippen molar-refractivity contribution < 1.29 is 13.9 Å². The Morgan fingerprint density at radius 1 is 1.05 bits per heavy atom. The van der Waals surface area contributed by atoms with Crippen molar-refractivity contribution >= 4 is 29.1 Å². The van der Waals surface area contributed by atoms with E-state index in [0.29, 0.717) is 27.5 Å². The highest BCUT2D eigenvalue weighted by atomic mass is 35.5. The molecule has 0 aliphatic heterocycles. The quantitative estimate of drug-likeness (QED) is 0.248. The molecule has 0 radical (unpaired) electrons. The van der Waals surface area contributed by atoms with E-state index in [1.165, 1.54) is 6.07 Å². The third-order valence-corrected chi connectivity index (χ3v) is 7.64. The average Bonchev–Trinajstić information content (AvgIpc) is 3.60. The highest BCUT2D eigenvalue weighted by Crippen LogP contribution is 2.40. The highest BCUT2D eigenvalue weighted by Gasteiger charge is 2.31. The first-order valence-electron chi connectivity index (χ1n) is 12.6. The van der Waals surface area contributed by atoms with Crippen molar-refractivity contribution in [3.05, 3.63) is 112 Å².